The molecule has 0 radical (unpaired) electrons. The van der Waals surface area contributed by atoms with E-state index in [-0.39, 0.29) is 23.8 Å². The van der Waals surface area contributed by atoms with Crippen molar-refractivity contribution in [2.75, 3.05) is 26.2 Å². The number of hydrogen-bond donors (Lipinski definition) is 2. The molecule has 3 N–H and O–H groups in total. The van der Waals surface area contributed by atoms with Crippen LogP contribution < -0.4 is 5.73 Å². The lowest BCUT2D eigenvalue weighted by molar-refractivity contribution is -0.141. The average molecular weight is 565 g/mol. The predicted molar refractivity (Wildman–Crippen MR) is 141 cm³/mol. The number of carbonyl (C=O) groups is 1. The van der Waals surface area contributed by atoms with Gasteiger partial charge in [0.15, 0.2) is 0 Å². The highest BCUT2D eigenvalue weighted by atomic mass is 19.4. The highest BCUT2D eigenvalue weighted by molar-refractivity contribution is 5.92. The maximum atomic E-state index is 13.3. The first kappa shape index (κ1) is 26.9. The molecule has 0 atom stereocenters. The Morgan fingerprint density at radius 1 is 1.20 bits per heavy atom. The predicted octanol–water partition coefficient (Wildman–Crippen LogP) is 2.92. The molecule has 212 valence electrons. The second-order valence-electron chi connectivity index (χ2n) is 10.5. The molecule has 6 rings (SSSR count). The van der Waals surface area contributed by atoms with Crippen LogP contribution in [0.1, 0.15) is 41.0 Å². The van der Waals surface area contributed by atoms with Crippen molar-refractivity contribution in [3.63, 3.8) is 0 Å². The number of amides is 1. The Bertz CT molecular complexity index is 1620. The summed E-state index contributed by atoms with van der Waals surface area (Å²) in [4.78, 5) is 32.2. The molecule has 1 saturated heterocycles. The van der Waals surface area contributed by atoms with Crippen LogP contribution in [-0.4, -0.2) is 77.6 Å². The van der Waals surface area contributed by atoms with Crippen LogP contribution in [0.4, 0.5) is 13.2 Å². The van der Waals surface area contributed by atoms with E-state index in [1.165, 1.54) is 17.3 Å². The van der Waals surface area contributed by atoms with Crippen molar-refractivity contribution in [3.8, 4) is 17.3 Å². The van der Waals surface area contributed by atoms with E-state index in [0.29, 0.717) is 45.4 Å². The zero-order valence-corrected chi connectivity index (χ0v) is 22.0. The lowest BCUT2D eigenvalue weighted by Crippen LogP contribution is -2.60. The number of pyridine rings is 1. The summed E-state index contributed by atoms with van der Waals surface area (Å²) in [7, 11) is 0. The van der Waals surface area contributed by atoms with Crippen molar-refractivity contribution in [2.24, 2.45) is 5.73 Å². The van der Waals surface area contributed by atoms with E-state index in [2.05, 4.69) is 36.0 Å². The molecule has 0 aromatic carbocycles. The summed E-state index contributed by atoms with van der Waals surface area (Å²) in [6, 6.07) is 6.62. The monoisotopic (exact) mass is 564 g/mol. The van der Waals surface area contributed by atoms with Crippen molar-refractivity contribution in [1.82, 2.24) is 39.5 Å². The van der Waals surface area contributed by atoms with E-state index in [1.54, 1.807) is 6.20 Å². The molecule has 0 bridgehead atoms. The zero-order chi connectivity index (χ0) is 28.8. The molecule has 1 aliphatic carbocycles. The van der Waals surface area contributed by atoms with Crippen LogP contribution in [0.25, 0.3) is 22.3 Å². The number of rotatable bonds is 6. The molecule has 1 amide bonds. The Hall–Kier alpha value is -4.35. The minimum atomic E-state index is -4.67. The van der Waals surface area contributed by atoms with Gasteiger partial charge in [0, 0.05) is 62.1 Å². The number of halogens is 3. The van der Waals surface area contributed by atoms with Crippen molar-refractivity contribution < 1.29 is 18.0 Å². The molecule has 5 heterocycles. The number of alkyl halides is 3. The lowest BCUT2D eigenvalue weighted by atomic mass is 9.70. The Morgan fingerprint density at radius 3 is 2.68 bits per heavy atom. The van der Waals surface area contributed by atoms with Crippen molar-refractivity contribution in [3.05, 3.63) is 60.1 Å². The molecule has 11 nitrogen and oxygen atoms in total. The summed E-state index contributed by atoms with van der Waals surface area (Å²) in [5.41, 5.74) is 6.28. The second-order valence-corrected chi connectivity index (χ2v) is 10.5. The summed E-state index contributed by atoms with van der Waals surface area (Å²) >= 11 is 0. The Labute approximate surface area is 232 Å². The summed E-state index contributed by atoms with van der Waals surface area (Å²) in [6.45, 7) is 1.74. The Morgan fingerprint density at radius 2 is 1.98 bits per heavy atom. The van der Waals surface area contributed by atoms with E-state index in [9.17, 15) is 23.2 Å². The first-order valence-electron chi connectivity index (χ1n) is 13.2. The largest absolute Gasteiger partial charge is 0.433 e. The van der Waals surface area contributed by atoms with Gasteiger partial charge >= 0.3 is 6.18 Å². The number of H-pyrrole nitrogens is 1. The number of nitrogens with one attached hydrogen (secondary N) is 1. The molecule has 0 unspecified atom stereocenters. The van der Waals surface area contributed by atoms with Crippen molar-refractivity contribution in [1.29, 1.82) is 5.26 Å². The molecule has 4 aromatic heterocycles. The van der Waals surface area contributed by atoms with Gasteiger partial charge in [0.25, 0.3) is 5.91 Å². The SMILES string of the molecule is N#CC[C@]1(n2cc(-c3ncnc4[nH]ccc34)cn2)C[C@@H](N2CCN(C(=O)c3cc(CN)cc(C(F)(F)F)n3)CC2)C1. The highest BCUT2D eigenvalue weighted by Crippen LogP contribution is 2.45. The van der Waals surface area contributed by atoms with Gasteiger partial charge in [-0.1, -0.05) is 0 Å². The summed E-state index contributed by atoms with van der Waals surface area (Å²) in [6.07, 6.45) is 4.05. The topological polar surface area (TPSA) is 146 Å². The van der Waals surface area contributed by atoms with E-state index < -0.39 is 23.3 Å². The summed E-state index contributed by atoms with van der Waals surface area (Å²) in [5.74, 6) is -0.539. The first-order valence-corrected chi connectivity index (χ1v) is 13.2. The fraction of sp³-hybridized carbons (Fsp3) is 0.407. The molecule has 4 aromatic rings. The van der Waals surface area contributed by atoms with Crippen LogP contribution >= 0.6 is 0 Å². The standard InChI is InChI=1S/C27H27F3N10O/c28-27(29,30)22-10-17(13-32)9-21(37-22)25(41)39-7-5-38(6-8-39)19-11-26(12-19,2-3-31)40-15-18(14-36-40)23-20-1-4-33-24(20)35-16-34-23/h1,4,9-10,14-16,19H,2,5-8,11-13,32H2,(H,33,34,35)/t19-,26+. The minimum Gasteiger partial charge on any atom is -0.346 e. The Kier molecular flexibility index (Phi) is 6.71. The number of hydrogen-bond acceptors (Lipinski definition) is 8. The minimum absolute atomic E-state index is 0.126. The van der Waals surface area contributed by atoms with Gasteiger partial charge in [-0.25, -0.2) is 15.0 Å². The fourth-order valence-corrected chi connectivity index (χ4v) is 5.85. The van der Waals surface area contributed by atoms with Crippen molar-refractivity contribution >= 4 is 16.9 Å². The maximum absolute atomic E-state index is 13.3. The zero-order valence-electron chi connectivity index (χ0n) is 22.0. The van der Waals surface area contributed by atoms with E-state index >= 15 is 0 Å². The van der Waals surface area contributed by atoms with Gasteiger partial charge in [-0.05, 0) is 36.6 Å². The summed E-state index contributed by atoms with van der Waals surface area (Å²) < 4.78 is 41.7. The van der Waals surface area contributed by atoms with E-state index in [4.69, 9.17) is 5.73 Å². The van der Waals surface area contributed by atoms with Crippen LogP contribution in [0.15, 0.2) is 43.1 Å². The number of piperazine rings is 1. The molecule has 0 spiro atoms. The first-order chi connectivity index (χ1) is 19.7. The number of nitrogens with two attached hydrogens (primary N) is 1. The van der Waals surface area contributed by atoms with Gasteiger partial charge in [-0.3, -0.25) is 14.4 Å². The normalized spacial score (nSPS) is 21.5. The molecule has 2 fully saturated rings. The molecule has 2 aliphatic rings. The van der Waals surface area contributed by atoms with Gasteiger partial charge in [0.05, 0.1) is 29.9 Å². The number of aromatic nitrogens is 6. The number of carbonyl (C=O) groups excluding carboxylic acids is 1. The second kappa shape index (κ2) is 10.2. The van der Waals surface area contributed by atoms with Crippen LogP contribution in [0.3, 0.4) is 0 Å². The van der Waals surface area contributed by atoms with Gasteiger partial charge in [-0.15, -0.1) is 0 Å². The van der Waals surface area contributed by atoms with Crippen LogP contribution in [0, 0.1) is 11.3 Å². The van der Waals surface area contributed by atoms with Gasteiger partial charge in [0.1, 0.15) is 23.4 Å². The molecular weight excluding hydrogens is 537 g/mol. The maximum Gasteiger partial charge on any atom is 0.433 e. The smallest absolute Gasteiger partial charge is 0.346 e. The quantitative estimate of drug-likeness (QED) is 0.364. The number of aromatic amines is 1. The third kappa shape index (κ3) is 4.91. The summed E-state index contributed by atoms with van der Waals surface area (Å²) in [5, 5.41) is 15.1. The molecule has 14 heteroatoms. The highest BCUT2D eigenvalue weighted by Gasteiger charge is 2.49. The van der Waals surface area contributed by atoms with Crippen LogP contribution in [0.5, 0.6) is 0 Å². The van der Waals surface area contributed by atoms with Gasteiger partial charge in [-0.2, -0.15) is 23.5 Å². The number of fused-ring (bicyclic) bond motifs is 1. The van der Waals surface area contributed by atoms with Gasteiger partial charge in [0.2, 0.25) is 0 Å². The van der Waals surface area contributed by atoms with Gasteiger partial charge < -0.3 is 15.6 Å². The van der Waals surface area contributed by atoms with Crippen LogP contribution in [0.2, 0.25) is 0 Å². The van der Waals surface area contributed by atoms with E-state index in [0.717, 1.165) is 28.4 Å². The average Bonchev–Trinajstić information content (AvgIpc) is 3.64. The number of nitrogens with zero attached hydrogens (tertiary/aromatic N) is 8. The fourth-order valence-electron chi connectivity index (χ4n) is 5.85. The lowest BCUT2D eigenvalue weighted by Gasteiger charge is -2.52. The third-order valence-corrected chi connectivity index (χ3v) is 8.08. The Balaban J connectivity index is 1.12. The number of nitriles is 1. The third-order valence-electron chi connectivity index (χ3n) is 8.08. The van der Waals surface area contributed by atoms with Crippen LogP contribution in [-0.2, 0) is 18.3 Å². The molecule has 41 heavy (non-hydrogen) atoms. The molecule has 1 saturated carbocycles. The van der Waals surface area contributed by atoms with E-state index in [1.807, 2.05) is 23.1 Å². The molecular formula is C27H27F3N10O. The van der Waals surface area contributed by atoms with Crippen molar-refractivity contribution in [2.45, 2.75) is 43.6 Å². The molecule has 1 aliphatic heterocycles.